The van der Waals surface area contributed by atoms with Gasteiger partial charge in [-0.05, 0) is 0 Å². The smallest absolute Gasteiger partial charge is 0.381 e. The summed E-state index contributed by atoms with van der Waals surface area (Å²) in [5, 5.41) is 8.47. The number of hydrogen-bond donors (Lipinski definition) is 0. The second kappa shape index (κ2) is 5.42. The lowest BCUT2D eigenvalue weighted by atomic mass is 10.2. The number of halogens is 7. The normalized spacial score (nSPS) is 13.0. The summed E-state index contributed by atoms with van der Waals surface area (Å²) < 4.78 is 99.1. The first-order valence-electron chi connectivity index (χ1n) is 4.60. The molecule has 1 aromatic rings. The summed E-state index contributed by atoms with van der Waals surface area (Å²) >= 11 is 0. The lowest BCUT2D eigenvalue weighted by Crippen LogP contribution is -2.21. The molecule has 0 saturated carbocycles. The van der Waals surface area contributed by atoms with Crippen molar-refractivity contribution in [1.82, 2.24) is 4.98 Å². The Kier molecular flexibility index (Phi) is 4.49. The molecular weight excluding hydrogens is 374 g/mol. The van der Waals surface area contributed by atoms with E-state index in [0.29, 0.717) is 0 Å². The first-order chi connectivity index (χ1) is 9.63. The minimum Gasteiger partial charge on any atom is -0.381 e. The molecule has 0 amide bonds. The van der Waals surface area contributed by atoms with Gasteiger partial charge >= 0.3 is 24.1 Å². The summed E-state index contributed by atoms with van der Waals surface area (Å²) in [6.45, 7) is 0. The van der Waals surface area contributed by atoms with Crippen LogP contribution in [0.2, 0.25) is 0 Å². The van der Waals surface area contributed by atoms with Gasteiger partial charge in [0.15, 0.2) is 5.03 Å². The van der Waals surface area contributed by atoms with Gasteiger partial charge in [0.1, 0.15) is 5.56 Å². The van der Waals surface area contributed by atoms with Gasteiger partial charge in [-0.3, -0.25) is 10.1 Å². The average molecular weight is 375 g/mol. The van der Waals surface area contributed by atoms with Crippen molar-refractivity contribution in [3.05, 3.63) is 21.7 Å². The number of hydrogen-bond acceptors (Lipinski definition) is 6. The van der Waals surface area contributed by atoms with Crippen LogP contribution in [-0.2, 0) is 15.2 Å². The van der Waals surface area contributed by atoms with Gasteiger partial charge < -0.3 is 4.74 Å². The topological polar surface area (TPSA) is 99.4 Å². The maximum atomic E-state index is 12.6. The van der Waals surface area contributed by atoms with Crippen LogP contribution in [0.15, 0.2) is 11.1 Å². The summed E-state index contributed by atoms with van der Waals surface area (Å²) in [5.41, 5.74) is -4.04. The number of alkyl halides is 6. The molecule has 1 rings (SSSR count). The molecule has 0 spiro atoms. The molecule has 1 aromatic heterocycles. The SMILES string of the molecule is O=[N+]([O-])c1cc(C(F)(F)F)c(S(=O)(=O)Cl)nc1OC(F)(F)F. The minimum absolute atomic E-state index is 0.469. The maximum Gasteiger partial charge on any atom is 0.574 e. The Bertz CT molecular complexity index is 715. The largest absolute Gasteiger partial charge is 0.574 e. The Hall–Kier alpha value is -1.83. The van der Waals surface area contributed by atoms with Crippen molar-refractivity contribution in [1.29, 1.82) is 0 Å². The molecular formula is C7HClF6N2O5S. The highest BCUT2D eigenvalue weighted by Gasteiger charge is 2.43. The molecule has 0 bridgehead atoms. The molecule has 0 aliphatic rings. The van der Waals surface area contributed by atoms with E-state index in [0.717, 1.165) is 0 Å². The van der Waals surface area contributed by atoms with Crippen LogP contribution >= 0.6 is 10.7 Å². The molecule has 7 nitrogen and oxygen atoms in total. The number of ether oxygens (including phenoxy) is 1. The number of nitro groups is 1. The molecule has 0 aliphatic heterocycles. The zero-order valence-corrected chi connectivity index (χ0v) is 11.1. The van der Waals surface area contributed by atoms with Crippen LogP contribution in [0, 0.1) is 10.1 Å². The quantitative estimate of drug-likeness (QED) is 0.349. The Labute approximate surface area is 121 Å². The number of nitrogens with zero attached hydrogens (tertiary/aromatic N) is 2. The summed E-state index contributed by atoms with van der Waals surface area (Å²) in [6, 6.07) is -0.469. The van der Waals surface area contributed by atoms with Crippen LogP contribution in [-0.4, -0.2) is 24.7 Å². The summed E-state index contributed by atoms with van der Waals surface area (Å²) in [6.07, 6.45) is -11.0. The van der Waals surface area contributed by atoms with E-state index in [1.165, 1.54) is 0 Å². The lowest BCUT2D eigenvalue weighted by Gasteiger charge is -2.13. The zero-order chi connectivity index (χ0) is 17.5. The molecule has 0 atom stereocenters. The van der Waals surface area contributed by atoms with E-state index in [2.05, 4.69) is 20.4 Å². The third kappa shape index (κ3) is 4.33. The van der Waals surface area contributed by atoms with Crippen molar-refractivity contribution in [3.8, 4) is 5.88 Å². The molecule has 0 aliphatic carbocycles. The van der Waals surface area contributed by atoms with Gasteiger partial charge in [-0.25, -0.2) is 8.42 Å². The fourth-order valence-electron chi connectivity index (χ4n) is 1.17. The second-order valence-electron chi connectivity index (χ2n) is 3.41. The van der Waals surface area contributed by atoms with Gasteiger partial charge in [-0.15, -0.1) is 13.2 Å². The van der Waals surface area contributed by atoms with Gasteiger partial charge in [0.25, 0.3) is 9.05 Å². The molecule has 1 heterocycles. The average Bonchev–Trinajstić information content (AvgIpc) is 2.22. The Balaban J connectivity index is 3.77. The van der Waals surface area contributed by atoms with Crippen molar-refractivity contribution in [2.75, 3.05) is 0 Å². The third-order valence-corrected chi connectivity index (χ3v) is 3.09. The molecule has 0 unspecified atom stereocenters. The van der Waals surface area contributed by atoms with Crippen molar-refractivity contribution in [2.45, 2.75) is 17.6 Å². The Morgan fingerprint density at radius 1 is 1.23 bits per heavy atom. The molecule has 0 fully saturated rings. The fraction of sp³-hybridized carbons (Fsp3) is 0.286. The van der Waals surface area contributed by atoms with Crippen LogP contribution in [0.4, 0.5) is 32.0 Å². The van der Waals surface area contributed by atoms with Crippen LogP contribution < -0.4 is 4.74 Å². The molecule has 0 radical (unpaired) electrons. The van der Waals surface area contributed by atoms with Gasteiger partial charge in [-0.1, -0.05) is 0 Å². The van der Waals surface area contributed by atoms with Gasteiger partial charge in [-0.2, -0.15) is 18.2 Å². The number of aromatic nitrogens is 1. The standard InChI is InChI=1S/C7HClF6N2O5S/c8-22(19,20)5-2(6(9,10)11)1-3(16(17)18)4(15-5)21-7(12,13)14/h1H. The molecule has 0 aromatic carbocycles. The van der Waals surface area contributed by atoms with Crippen molar-refractivity contribution in [2.24, 2.45) is 0 Å². The molecule has 0 N–H and O–H groups in total. The second-order valence-corrected chi connectivity index (χ2v) is 5.89. The van der Waals surface area contributed by atoms with Gasteiger partial charge in [0, 0.05) is 16.7 Å². The third-order valence-electron chi connectivity index (χ3n) is 1.88. The number of rotatable bonds is 3. The van der Waals surface area contributed by atoms with E-state index in [1.807, 2.05) is 0 Å². The van der Waals surface area contributed by atoms with Crippen molar-refractivity contribution < 1.29 is 44.4 Å². The molecule has 124 valence electrons. The lowest BCUT2D eigenvalue weighted by molar-refractivity contribution is -0.389. The van der Waals surface area contributed by atoms with Crippen molar-refractivity contribution >= 4 is 25.4 Å². The molecule has 15 heteroatoms. The summed E-state index contributed by atoms with van der Waals surface area (Å²) in [5.74, 6) is -2.00. The summed E-state index contributed by atoms with van der Waals surface area (Å²) in [4.78, 5) is 11.3. The highest BCUT2D eigenvalue weighted by Crippen LogP contribution is 2.40. The van der Waals surface area contributed by atoms with E-state index in [4.69, 9.17) is 0 Å². The van der Waals surface area contributed by atoms with E-state index < -0.39 is 54.7 Å². The van der Waals surface area contributed by atoms with Crippen LogP contribution in [0.3, 0.4) is 0 Å². The highest BCUT2D eigenvalue weighted by molar-refractivity contribution is 8.13. The van der Waals surface area contributed by atoms with E-state index >= 15 is 0 Å². The minimum atomic E-state index is -5.56. The first-order valence-corrected chi connectivity index (χ1v) is 6.91. The van der Waals surface area contributed by atoms with E-state index in [-0.39, 0.29) is 0 Å². The fourth-order valence-corrected chi connectivity index (χ4v) is 2.16. The molecule has 0 saturated heterocycles. The Morgan fingerprint density at radius 2 is 1.73 bits per heavy atom. The monoisotopic (exact) mass is 374 g/mol. The molecule has 22 heavy (non-hydrogen) atoms. The summed E-state index contributed by atoms with van der Waals surface area (Å²) in [7, 11) is -0.618. The Morgan fingerprint density at radius 3 is 2.05 bits per heavy atom. The van der Waals surface area contributed by atoms with Gasteiger partial charge in [0.2, 0.25) is 0 Å². The zero-order valence-electron chi connectivity index (χ0n) is 9.57. The maximum absolute atomic E-state index is 12.6. The van der Waals surface area contributed by atoms with Crippen LogP contribution in [0.5, 0.6) is 5.88 Å². The van der Waals surface area contributed by atoms with E-state index in [9.17, 15) is 44.9 Å². The first kappa shape index (κ1) is 18.2. The van der Waals surface area contributed by atoms with E-state index in [1.54, 1.807) is 0 Å². The number of pyridine rings is 1. The van der Waals surface area contributed by atoms with Gasteiger partial charge in [0.05, 0.1) is 4.92 Å². The van der Waals surface area contributed by atoms with Crippen LogP contribution in [0.25, 0.3) is 0 Å². The predicted octanol–water partition coefficient (Wildman–Crippen LogP) is 2.83. The van der Waals surface area contributed by atoms with Crippen LogP contribution in [0.1, 0.15) is 5.56 Å². The predicted molar refractivity (Wildman–Crippen MR) is 55.6 cm³/mol. The van der Waals surface area contributed by atoms with Crippen molar-refractivity contribution in [3.63, 3.8) is 0 Å². The highest BCUT2D eigenvalue weighted by atomic mass is 35.7.